The molecule has 0 spiro atoms. The van der Waals surface area contributed by atoms with Crippen LogP contribution in [-0.4, -0.2) is 102 Å². The number of amides is 8. The van der Waals surface area contributed by atoms with Crippen molar-refractivity contribution in [1.29, 1.82) is 0 Å². The van der Waals surface area contributed by atoms with Gasteiger partial charge < -0.3 is 41.4 Å². The van der Waals surface area contributed by atoms with E-state index in [2.05, 4.69) is 27.8 Å². The number of ether oxygens (including phenoxy) is 2. The number of urea groups is 1. The minimum absolute atomic E-state index is 0.0534. The minimum atomic E-state index is -1.12. The van der Waals surface area contributed by atoms with E-state index >= 15 is 0 Å². The molecule has 2 heterocycles. The second-order valence-corrected chi connectivity index (χ2v) is 13.1. The van der Waals surface area contributed by atoms with Crippen LogP contribution in [0.25, 0.3) is 0 Å². The maximum atomic E-state index is 14.2. The predicted molar refractivity (Wildman–Crippen MR) is 202 cm³/mol. The van der Waals surface area contributed by atoms with Crippen LogP contribution in [0.15, 0.2) is 73.3 Å². The fourth-order valence-corrected chi connectivity index (χ4v) is 6.10. The van der Waals surface area contributed by atoms with Gasteiger partial charge in [0.1, 0.15) is 37.1 Å². The van der Waals surface area contributed by atoms with E-state index in [0.29, 0.717) is 42.0 Å². The van der Waals surface area contributed by atoms with E-state index in [1.165, 1.54) is 11.8 Å². The summed E-state index contributed by atoms with van der Waals surface area (Å²) in [5, 5.41) is 10.7. The number of carbonyl (C=O) groups is 8. The molecule has 17 nitrogen and oxygen atoms in total. The summed E-state index contributed by atoms with van der Waals surface area (Å²) < 4.78 is 10.5. The Bertz CT molecular complexity index is 1790. The molecule has 0 aromatic heterocycles. The van der Waals surface area contributed by atoms with Crippen LogP contribution in [0.5, 0.6) is 5.75 Å². The standard InChI is InChI=1S/C39H47N7O10/c1-3-22-55-29-14-10-26(11-15-29)23-31(43-33(48)18-21-46-34(49)16-17-35(46)50)38(53)45-20-5-7-32(45)37(52)44-30(6-4-19-41-39(40)54)36(51)42-28-12-8-27(9-13-28)24-56-25(2)47/h3,8-17,30-32H,1,4-7,18-24H2,2H3,(H,42,51)(H,43,48)(H,44,52)(H3,40,41,54)/t30-,31-,32-/m0/s1. The molecule has 1 saturated heterocycles. The molecule has 17 heteroatoms. The topological polar surface area (TPSA) is 236 Å². The van der Waals surface area contributed by atoms with E-state index < -0.39 is 65.6 Å². The van der Waals surface area contributed by atoms with Crippen LogP contribution >= 0.6 is 0 Å². The number of hydrogen-bond donors (Lipinski definition) is 5. The number of carbonyl (C=O) groups excluding carboxylic acids is 8. The molecule has 0 unspecified atom stereocenters. The zero-order valence-corrected chi connectivity index (χ0v) is 31.1. The van der Waals surface area contributed by atoms with E-state index in [1.807, 2.05) is 0 Å². The largest absolute Gasteiger partial charge is 0.490 e. The third-order valence-electron chi connectivity index (χ3n) is 8.93. The van der Waals surface area contributed by atoms with Crippen LogP contribution in [0.1, 0.15) is 50.2 Å². The van der Waals surface area contributed by atoms with Gasteiger partial charge in [-0.25, -0.2) is 4.79 Å². The number of nitrogens with two attached hydrogens (primary N) is 1. The van der Waals surface area contributed by atoms with Crippen molar-refractivity contribution in [2.24, 2.45) is 5.73 Å². The second kappa shape index (κ2) is 20.8. The number of likely N-dealkylation sites (tertiary alicyclic amines) is 1. The minimum Gasteiger partial charge on any atom is -0.490 e. The molecule has 6 N–H and O–H groups in total. The molecule has 0 aliphatic carbocycles. The number of nitrogens with zero attached hydrogens (tertiary/aromatic N) is 2. The van der Waals surface area contributed by atoms with Crippen LogP contribution in [0.3, 0.4) is 0 Å². The van der Waals surface area contributed by atoms with Gasteiger partial charge in [0, 0.05) is 57.2 Å². The summed E-state index contributed by atoms with van der Waals surface area (Å²) in [6.07, 6.45) is 4.81. The van der Waals surface area contributed by atoms with Crippen LogP contribution in [0.2, 0.25) is 0 Å². The Balaban J connectivity index is 1.48. The zero-order valence-electron chi connectivity index (χ0n) is 31.1. The normalized spacial score (nSPS) is 15.8. The molecular formula is C39H47N7O10. The summed E-state index contributed by atoms with van der Waals surface area (Å²) in [6, 6.07) is 9.61. The maximum Gasteiger partial charge on any atom is 0.312 e. The van der Waals surface area contributed by atoms with Gasteiger partial charge in [0.25, 0.3) is 11.8 Å². The van der Waals surface area contributed by atoms with Crippen LogP contribution in [0, 0.1) is 0 Å². The lowest BCUT2D eigenvalue weighted by atomic mass is 10.0. The van der Waals surface area contributed by atoms with Gasteiger partial charge in [-0.1, -0.05) is 36.9 Å². The monoisotopic (exact) mass is 773 g/mol. The first-order valence-electron chi connectivity index (χ1n) is 18.2. The van der Waals surface area contributed by atoms with Crippen molar-refractivity contribution in [3.05, 3.63) is 84.5 Å². The lowest BCUT2D eigenvalue weighted by molar-refractivity contribution is -0.142. The van der Waals surface area contributed by atoms with Gasteiger partial charge in [-0.2, -0.15) is 0 Å². The van der Waals surface area contributed by atoms with Crippen molar-refractivity contribution in [2.45, 2.75) is 70.2 Å². The van der Waals surface area contributed by atoms with Gasteiger partial charge in [-0.3, -0.25) is 38.5 Å². The summed E-state index contributed by atoms with van der Waals surface area (Å²) in [7, 11) is 0. The quantitative estimate of drug-likeness (QED) is 0.0559. The van der Waals surface area contributed by atoms with Gasteiger partial charge in [0.15, 0.2) is 0 Å². The molecule has 2 aliphatic rings. The smallest absolute Gasteiger partial charge is 0.312 e. The number of nitrogens with one attached hydrogen (secondary N) is 4. The molecule has 0 bridgehead atoms. The highest BCUT2D eigenvalue weighted by molar-refractivity contribution is 6.13. The molecule has 4 rings (SSSR count). The maximum absolute atomic E-state index is 14.2. The third kappa shape index (κ3) is 12.8. The molecular weight excluding hydrogens is 726 g/mol. The summed E-state index contributed by atoms with van der Waals surface area (Å²) >= 11 is 0. The van der Waals surface area contributed by atoms with E-state index in [1.54, 1.807) is 54.6 Å². The lowest BCUT2D eigenvalue weighted by Gasteiger charge is -2.30. The first-order chi connectivity index (χ1) is 26.8. The number of benzene rings is 2. The summed E-state index contributed by atoms with van der Waals surface area (Å²) in [6.45, 7) is 5.46. The molecule has 298 valence electrons. The van der Waals surface area contributed by atoms with Crippen molar-refractivity contribution in [3.63, 3.8) is 0 Å². The van der Waals surface area contributed by atoms with Crippen molar-refractivity contribution in [1.82, 2.24) is 25.8 Å². The van der Waals surface area contributed by atoms with Crippen molar-refractivity contribution < 1.29 is 47.8 Å². The highest BCUT2D eigenvalue weighted by Crippen LogP contribution is 2.22. The average molecular weight is 774 g/mol. The number of anilines is 1. The summed E-state index contributed by atoms with van der Waals surface area (Å²) in [4.78, 5) is 104. The Kier molecular flexibility index (Phi) is 15.7. The molecule has 8 amide bonds. The molecule has 2 aromatic rings. The Morgan fingerprint density at radius 3 is 2.27 bits per heavy atom. The predicted octanol–water partition coefficient (Wildman–Crippen LogP) is 1.22. The SMILES string of the molecule is C=CCOc1ccc(C[C@H](NC(=O)CCN2C(=O)C=CC2=O)C(=O)N2CCC[C@H]2C(=O)N[C@@H](CCCNC(N)=O)C(=O)Nc2ccc(COC(C)=O)cc2)cc1. The molecule has 0 saturated carbocycles. The lowest BCUT2D eigenvalue weighted by Crippen LogP contribution is -2.56. The van der Waals surface area contributed by atoms with E-state index in [4.69, 9.17) is 15.2 Å². The summed E-state index contributed by atoms with van der Waals surface area (Å²) in [5.41, 5.74) is 6.98. The number of hydrogen-bond acceptors (Lipinski definition) is 10. The Morgan fingerprint density at radius 1 is 0.946 bits per heavy atom. The Labute approximate surface area is 324 Å². The molecule has 2 aliphatic heterocycles. The third-order valence-corrected chi connectivity index (χ3v) is 8.93. The Hall–Kier alpha value is -6.52. The van der Waals surface area contributed by atoms with Crippen molar-refractivity contribution >= 4 is 53.1 Å². The number of imide groups is 1. The molecule has 56 heavy (non-hydrogen) atoms. The average Bonchev–Trinajstić information content (AvgIpc) is 3.79. The van der Waals surface area contributed by atoms with Crippen LogP contribution < -0.4 is 31.7 Å². The first kappa shape index (κ1) is 42.2. The van der Waals surface area contributed by atoms with Gasteiger partial charge in [0.05, 0.1) is 0 Å². The van der Waals surface area contributed by atoms with E-state index in [0.717, 1.165) is 17.1 Å². The van der Waals surface area contributed by atoms with Crippen molar-refractivity contribution in [2.75, 3.05) is 31.6 Å². The molecule has 1 fully saturated rings. The summed E-state index contributed by atoms with van der Waals surface area (Å²) in [5.74, 6) is -3.17. The van der Waals surface area contributed by atoms with Crippen molar-refractivity contribution in [3.8, 4) is 5.75 Å². The molecule has 3 atom stereocenters. The van der Waals surface area contributed by atoms with Gasteiger partial charge in [0.2, 0.25) is 23.6 Å². The van der Waals surface area contributed by atoms with Gasteiger partial charge in [-0.15, -0.1) is 0 Å². The van der Waals surface area contributed by atoms with Crippen LogP contribution in [0.4, 0.5) is 10.5 Å². The first-order valence-corrected chi connectivity index (χ1v) is 18.2. The Morgan fingerprint density at radius 2 is 1.62 bits per heavy atom. The van der Waals surface area contributed by atoms with Gasteiger partial charge in [-0.05, 0) is 61.1 Å². The van der Waals surface area contributed by atoms with E-state index in [-0.39, 0.29) is 51.9 Å². The van der Waals surface area contributed by atoms with E-state index in [9.17, 15) is 38.4 Å². The molecule has 0 radical (unpaired) electrons. The second-order valence-electron chi connectivity index (χ2n) is 13.1. The highest BCUT2D eigenvalue weighted by Gasteiger charge is 2.39. The fourth-order valence-electron chi connectivity index (χ4n) is 6.10. The number of esters is 1. The van der Waals surface area contributed by atoms with Gasteiger partial charge >= 0.3 is 12.0 Å². The number of rotatable bonds is 20. The number of primary amides is 1. The van der Waals surface area contributed by atoms with Crippen LogP contribution in [-0.2, 0) is 51.3 Å². The molecule has 2 aromatic carbocycles. The zero-order chi connectivity index (χ0) is 40.6. The fraction of sp³-hybridized carbons (Fsp3) is 0.385. The highest BCUT2D eigenvalue weighted by atomic mass is 16.5.